The third kappa shape index (κ3) is 2.87. The van der Waals surface area contributed by atoms with E-state index in [1.165, 1.54) is 36.3 Å². The molecule has 2 aliphatic rings. The Morgan fingerprint density at radius 3 is 3.11 bits per heavy atom. The number of hydrogen-bond donors (Lipinski definition) is 2. The molecule has 1 aromatic heterocycles. The molecule has 1 atom stereocenters. The summed E-state index contributed by atoms with van der Waals surface area (Å²) in [6.45, 7) is 0.964. The number of fused-ring (bicyclic) bond motifs is 1. The summed E-state index contributed by atoms with van der Waals surface area (Å²) in [7, 11) is 0. The van der Waals surface area contributed by atoms with Crippen LogP contribution in [0.15, 0.2) is 6.07 Å². The Bertz CT molecular complexity index is 496. The summed E-state index contributed by atoms with van der Waals surface area (Å²) in [6, 6.07) is 2.14. The van der Waals surface area contributed by atoms with Crippen LogP contribution in [0.3, 0.4) is 0 Å². The van der Waals surface area contributed by atoms with Gasteiger partial charge in [0.25, 0.3) is 0 Å². The number of rotatable bonds is 4. The zero-order chi connectivity index (χ0) is 13.2. The van der Waals surface area contributed by atoms with Crippen LogP contribution in [0.4, 0.5) is 5.82 Å². The lowest BCUT2D eigenvalue weighted by Gasteiger charge is -2.15. The topological polar surface area (TPSA) is 50.9 Å². The minimum Gasteiger partial charge on any atom is -0.389 e. The first-order valence-electron chi connectivity index (χ1n) is 6.92. The van der Waals surface area contributed by atoms with Crippen molar-refractivity contribution in [1.82, 2.24) is 4.98 Å². The van der Waals surface area contributed by atoms with E-state index in [-0.39, 0.29) is 0 Å². The molecule has 102 valence electrons. The molecule has 1 fully saturated rings. The first kappa shape index (κ1) is 13.2. The van der Waals surface area contributed by atoms with E-state index in [4.69, 9.17) is 22.9 Å². The van der Waals surface area contributed by atoms with E-state index in [9.17, 15) is 0 Å². The molecule has 0 spiro atoms. The smallest absolute Gasteiger partial charge is 0.136 e. The van der Waals surface area contributed by atoms with Gasteiger partial charge in [-0.2, -0.15) is 11.8 Å². The van der Waals surface area contributed by atoms with Crippen molar-refractivity contribution in [2.24, 2.45) is 5.73 Å². The van der Waals surface area contributed by atoms with E-state index in [0.717, 1.165) is 30.8 Å². The number of anilines is 1. The predicted octanol–water partition coefficient (Wildman–Crippen LogP) is 2.51. The number of nitrogens with two attached hydrogens (primary N) is 1. The number of hydrogen-bond acceptors (Lipinski definition) is 4. The van der Waals surface area contributed by atoms with Crippen LogP contribution in [-0.4, -0.2) is 27.5 Å². The Labute approximate surface area is 123 Å². The molecule has 1 aliphatic carbocycles. The largest absolute Gasteiger partial charge is 0.389 e. The lowest BCUT2D eigenvalue weighted by Crippen LogP contribution is -2.20. The Hall–Kier alpha value is -0.810. The van der Waals surface area contributed by atoms with Crippen molar-refractivity contribution in [2.45, 2.75) is 37.4 Å². The SMILES string of the molecule is NC(=S)c1cc2c(nc1NCC1CCCS1)CCC2. The van der Waals surface area contributed by atoms with Crippen molar-refractivity contribution in [3.05, 3.63) is 22.9 Å². The fourth-order valence-corrected chi connectivity index (χ4v) is 4.17. The third-order valence-corrected chi connectivity index (χ3v) is 5.46. The van der Waals surface area contributed by atoms with Crippen molar-refractivity contribution >= 4 is 34.8 Å². The van der Waals surface area contributed by atoms with E-state index < -0.39 is 0 Å². The maximum Gasteiger partial charge on any atom is 0.136 e. The molecule has 1 aliphatic heterocycles. The molecule has 0 saturated carbocycles. The van der Waals surface area contributed by atoms with Gasteiger partial charge in [-0.1, -0.05) is 12.2 Å². The molecule has 3 N–H and O–H groups in total. The highest BCUT2D eigenvalue weighted by atomic mass is 32.2. The molecule has 0 bridgehead atoms. The molecular formula is C14H19N3S2. The summed E-state index contributed by atoms with van der Waals surface area (Å²) >= 11 is 7.21. The van der Waals surface area contributed by atoms with E-state index in [1.54, 1.807) is 0 Å². The lowest BCUT2D eigenvalue weighted by atomic mass is 10.1. The normalized spacial score (nSPS) is 21.4. The Morgan fingerprint density at radius 1 is 1.47 bits per heavy atom. The highest BCUT2D eigenvalue weighted by Gasteiger charge is 2.19. The van der Waals surface area contributed by atoms with Crippen molar-refractivity contribution in [2.75, 3.05) is 17.6 Å². The molecule has 1 saturated heterocycles. The monoisotopic (exact) mass is 293 g/mol. The van der Waals surface area contributed by atoms with E-state index in [2.05, 4.69) is 11.4 Å². The maximum absolute atomic E-state index is 5.84. The molecule has 3 rings (SSSR count). The Morgan fingerprint density at radius 2 is 2.37 bits per heavy atom. The molecule has 0 amide bonds. The summed E-state index contributed by atoms with van der Waals surface area (Å²) < 4.78 is 0. The molecule has 1 unspecified atom stereocenters. The quantitative estimate of drug-likeness (QED) is 0.836. The zero-order valence-corrected chi connectivity index (χ0v) is 12.6. The van der Waals surface area contributed by atoms with Gasteiger partial charge in [-0.15, -0.1) is 0 Å². The van der Waals surface area contributed by atoms with Crippen molar-refractivity contribution in [1.29, 1.82) is 0 Å². The molecular weight excluding hydrogens is 274 g/mol. The molecule has 19 heavy (non-hydrogen) atoms. The molecule has 1 aromatic rings. The Kier molecular flexibility index (Phi) is 3.93. The van der Waals surface area contributed by atoms with Crippen LogP contribution in [0.5, 0.6) is 0 Å². The second kappa shape index (κ2) is 5.67. The van der Waals surface area contributed by atoms with Crippen molar-refractivity contribution < 1.29 is 0 Å². The fraction of sp³-hybridized carbons (Fsp3) is 0.571. The molecule has 0 aromatic carbocycles. The van der Waals surface area contributed by atoms with E-state index in [1.807, 2.05) is 11.8 Å². The fourth-order valence-electron chi connectivity index (χ4n) is 2.81. The summed E-state index contributed by atoms with van der Waals surface area (Å²) in [6.07, 6.45) is 6.01. The summed E-state index contributed by atoms with van der Waals surface area (Å²) in [5.74, 6) is 2.17. The van der Waals surface area contributed by atoms with Gasteiger partial charge in [0.1, 0.15) is 10.8 Å². The van der Waals surface area contributed by atoms with Crippen LogP contribution in [0.1, 0.15) is 36.1 Å². The standard InChI is InChI=1S/C14H19N3S2/c15-13(18)11-7-9-3-1-5-12(9)17-14(11)16-8-10-4-2-6-19-10/h7,10H,1-6,8H2,(H2,15,18)(H,16,17). The predicted molar refractivity (Wildman–Crippen MR) is 86.1 cm³/mol. The lowest BCUT2D eigenvalue weighted by molar-refractivity contribution is 0.802. The zero-order valence-electron chi connectivity index (χ0n) is 10.9. The summed E-state index contributed by atoms with van der Waals surface area (Å²) in [5.41, 5.74) is 9.30. The first-order chi connectivity index (χ1) is 9.24. The van der Waals surface area contributed by atoms with Gasteiger partial charge in [-0.25, -0.2) is 4.98 Å². The molecule has 3 nitrogen and oxygen atoms in total. The van der Waals surface area contributed by atoms with Crippen LogP contribution in [0.25, 0.3) is 0 Å². The average Bonchev–Trinajstić information content (AvgIpc) is 3.05. The average molecular weight is 293 g/mol. The summed E-state index contributed by atoms with van der Waals surface area (Å²) in [4.78, 5) is 5.20. The molecule has 5 heteroatoms. The molecule has 0 radical (unpaired) electrons. The van der Waals surface area contributed by atoms with Crippen molar-refractivity contribution in [3.8, 4) is 0 Å². The van der Waals surface area contributed by atoms with Gasteiger partial charge in [-0.3, -0.25) is 0 Å². The van der Waals surface area contributed by atoms with Gasteiger partial charge in [0.15, 0.2) is 0 Å². The minimum absolute atomic E-state index is 0.448. The number of aryl methyl sites for hydroxylation is 2. The van der Waals surface area contributed by atoms with Crippen LogP contribution < -0.4 is 11.1 Å². The Balaban J connectivity index is 1.80. The van der Waals surface area contributed by atoms with E-state index >= 15 is 0 Å². The van der Waals surface area contributed by atoms with Gasteiger partial charge in [0.2, 0.25) is 0 Å². The van der Waals surface area contributed by atoms with E-state index in [0.29, 0.717) is 10.2 Å². The van der Waals surface area contributed by atoms with Gasteiger partial charge < -0.3 is 11.1 Å². The van der Waals surface area contributed by atoms with Crippen LogP contribution in [0, 0.1) is 0 Å². The van der Waals surface area contributed by atoms with Gasteiger partial charge in [-0.05, 0) is 49.5 Å². The first-order valence-corrected chi connectivity index (χ1v) is 8.38. The second-order valence-electron chi connectivity index (χ2n) is 5.22. The number of thioether (sulfide) groups is 1. The van der Waals surface area contributed by atoms with Crippen LogP contribution in [-0.2, 0) is 12.8 Å². The van der Waals surface area contributed by atoms with Gasteiger partial charge >= 0.3 is 0 Å². The second-order valence-corrected chi connectivity index (χ2v) is 7.07. The number of aromatic nitrogens is 1. The highest BCUT2D eigenvalue weighted by molar-refractivity contribution is 8.00. The number of nitrogens with one attached hydrogen (secondary N) is 1. The van der Waals surface area contributed by atoms with Gasteiger partial charge in [0, 0.05) is 17.5 Å². The van der Waals surface area contributed by atoms with Crippen LogP contribution >= 0.6 is 24.0 Å². The van der Waals surface area contributed by atoms with Gasteiger partial charge in [0.05, 0.1) is 5.56 Å². The van der Waals surface area contributed by atoms with Crippen LogP contribution in [0.2, 0.25) is 0 Å². The number of pyridine rings is 1. The maximum atomic E-state index is 5.84. The van der Waals surface area contributed by atoms with Crippen molar-refractivity contribution in [3.63, 3.8) is 0 Å². The summed E-state index contributed by atoms with van der Waals surface area (Å²) in [5, 5.41) is 4.17. The minimum atomic E-state index is 0.448. The third-order valence-electron chi connectivity index (χ3n) is 3.84. The molecule has 2 heterocycles. The highest BCUT2D eigenvalue weighted by Crippen LogP contribution is 2.28. The number of nitrogens with zero attached hydrogens (tertiary/aromatic N) is 1. The number of thiocarbonyl (C=S) groups is 1.